The number of fused-ring (bicyclic) bond motifs is 4. The van der Waals surface area contributed by atoms with E-state index >= 15 is 0 Å². The third-order valence-corrected chi connectivity index (χ3v) is 13.2. The Kier molecular flexibility index (Phi) is 14.3. The van der Waals surface area contributed by atoms with Gasteiger partial charge in [0.15, 0.2) is 0 Å². The van der Waals surface area contributed by atoms with Crippen LogP contribution >= 0.6 is 11.3 Å². The normalized spacial score (nSPS) is 21.3. The Balaban J connectivity index is 0.000000174. The van der Waals surface area contributed by atoms with Crippen molar-refractivity contribution in [3.8, 4) is 0 Å². The number of amides is 2. The van der Waals surface area contributed by atoms with Crippen molar-refractivity contribution < 1.29 is 23.8 Å². The number of benzene rings is 2. The van der Waals surface area contributed by atoms with Gasteiger partial charge in [0, 0.05) is 69.7 Å². The number of anilines is 2. The Morgan fingerprint density at radius 1 is 0.895 bits per heavy atom. The molecule has 0 bridgehead atoms. The molecule has 10 nitrogen and oxygen atoms in total. The first kappa shape index (κ1) is 41.3. The number of ether oxygens (including phenoxy) is 3. The predicted octanol–water partition coefficient (Wildman–Crippen LogP) is 11.3. The van der Waals surface area contributed by atoms with Crippen molar-refractivity contribution in [2.24, 2.45) is 0 Å². The molecule has 308 valence electrons. The summed E-state index contributed by atoms with van der Waals surface area (Å²) in [5.41, 5.74) is 8.39. The summed E-state index contributed by atoms with van der Waals surface area (Å²) >= 11 is 1.76. The molecule has 4 aliphatic heterocycles. The molecule has 8 rings (SSSR count). The lowest BCUT2D eigenvalue weighted by Gasteiger charge is -2.35. The lowest BCUT2D eigenvalue weighted by Crippen LogP contribution is -2.37. The van der Waals surface area contributed by atoms with E-state index in [4.69, 9.17) is 14.2 Å². The zero-order valence-corrected chi connectivity index (χ0v) is 35.3. The number of aromatic nitrogens is 1. The molecule has 0 aliphatic carbocycles. The summed E-state index contributed by atoms with van der Waals surface area (Å²) in [5.74, 6) is 0.608. The number of thiophene rings is 1. The van der Waals surface area contributed by atoms with Gasteiger partial charge in [0.25, 0.3) is 0 Å². The maximum Gasteiger partial charge on any atom is 0.413 e. The number of carbonyl (C=O) groups excluding carboxylic acids is 2. The van der Waals surface area contributed by atoms with Crippen molar-refractivity contribution in [2.45, 2.75) is 129 Å². The number of H-pyrrole nitrogens is 1. The average molecular weight is 798 g/mol. The second-order valence-corrected chi connectivity index (χ2v) is 17.0. The monoisotopic (exact) mass is 797 g/mol. The first-order chi connectivity index (χ1) is 27.9. The number of carbonyl (C=O) groups is 2. The van der Waals surface area contributed by atoms with E-state index in [1.165, 1.54) is 102 Å². The van der Waals surface area contributed by atoms with Crippen LogP contribution < -0.4 is 10.6 Å². The van der Waals surface area contributed by atoms with Crippen molar-refractivity contribution in [3.05, 3.63) is 64.7 Å². The minimum Gasteiger partial charge on any atom is -0.449 e. The summed E-state index contributed by atoms with van der Waals surface area (Å²) in [4.78, 5) is 33.3. The maximum absolute atomic E-state index is 12.2. The van der Waals surface area contributed by atoms with Crippen LogP contribution in [0, 0.1) is 0 Å². The van der Waals surface area contributed by atoms with Crippen molar-refractivity contribution >= 4 is 61.5 Å². The van der Waals surface area contributed by atoms with Crippen LogP contribution in [0.3, 0.4) is 0 Å². The van der Waals surface area contributed by atoms with Crippen LogP contribution in [0.15, 0.2) is 47.9 Å². The first-order valence-corrected chi connectivity index (χ1v) is 22.6. The molecule has 2 amide bonds. The molecule has 3 saturated heterocycles. The Morgan fingerprint density at radius 2 is 1.67 bits per heavy atom. The van der Waals surface area contributed by atoms with Gasteiger partial charge in [-0.05, 0) is 149 Å². The van der Waals surface area contributed by atoms with E-state index in [2.05, 4.69) is 75.0 Å². The minimum absolute atomic E-state index is 0.358. The molecule has 0 spiro atoms. The molecule has 2 aromatic carbocycles. The standard InChI is InChI=1S/C24H35N3O2.C22H28N2O3S/c1-3-5-14-29-24(28)25-18-9-10-21-20(16-18)23(22(26-21)7-4-2)17-11-13-27-12-6-8-19(27)15-17;1-3-21(26-4-2)27-22(25)23-16-7-8-20-18(13-16)19(14-28-20)15-9-11-24-10-5-6-17(24)12-15/h9-10,16-17,19,26H,3-8,11-15H2,1-2H3,(H,25,28);7-9,13-14,17,21H,3-6,10-12H2,1-2H3,(H,23,25). The third kappa shape index (κ3) is 10.0. The van der Waals surface area contributed by atoms with E-state index in [-0.39, 0.29) is 6.09 Å². The summed E-state index contributed by atoms with van der Waals surface area (Å²) in [6.45, 7) is 13.9. The summed E-state index contributed by atoms with van der Waals surface area (Å²) in [6.07, 6.45) is 14.7. The molecule has 0 radical (unpaired) electrons. The topological polar surface area (TPSA) is 108 Å². The van der Waals surface area contributed by atoms with E-state index < -0.39 is 12.4 Å². The Hall–Kier alpha value is -3.90. The number of unbranched alkanes of at least 4 members (excludes halogenated alkanes) is 1. The van der Waals surface area contributed by atoms with Crippen molar-refractivity contribution in [1.29, 1.82) is 0 Å². The third-order valence-electron chi connectivity index (χ3n) is 12.2. The Morgan fingerprint density at radius 3 is 2.46 bits per heavy atom. The van der Waals surface area contributed by atoms with Gasteiger partial charge >= 0.3 is 12.2 Å². The fourth-order valence-corrected chi connectivity index (χ4v) is 10.4. The number of nitrogens with zero attached hydrogens (tertiary/aromatic N) is 2. The molecule has 2 aromatic heterocycles. The van der Waals surface area contributed by atoms with Crippen molar-refractivity contribution in [3.63, 3.8) is 0 Å². The van der Waals surface area contributed by atoms with Gasteiger partial charge in [-0.15, -0.1) is 11.3 Å². The molecule has 3 N–H and O–H groups in total. The smallest absolute Gasteiger partial charge is 0.413 e. The SMILES string of the molecule is CCCCOC(=O)Nc1ccc2[nH]c(CCC)c(C3CCN4CCCC4C3)c2c1.CCOC(CC)OC(=O)Nc1ccc2scc(C3=CCN4CCCC4C3)c2c1. The second kappa shape index (κ2) is 19.7. The van der Waals surface area contributed by atoms with E-state index in [1.807, 2.05) is 26.0 Å². The molecule has 0 saturated carbocycles. The number of aryl methyl sites for hydroxylation is 1. The lowest BCUT2D eigenvalue weighted by molar-refractivity contribution is -0.0971. The van der Waals surface area contributed by atoms with Gasteiger partial charge in [0.05, 0.1) is 6.61 Å². The van der Waals surface area contributed by atoms with Crippen LogP contribution in [0.1, 0.15) is 121 Å². The Bertz CT molecular complexity index is 2010. The average Bonchev–Trinajstić information content (AvgIpc) is 4.03. The number of nitrogens with one attached hydrogen (secondary N) is 3. The highest BCUT2D eigenvalue weighted by molar-refractivity contribution is 7.17. The number of rotatable bonds is 13. The van der Waals surface area contributed by atoms with E-state index in [9.17, 15) is 9.59 Å². The van der Waals surface area contributed by atoms with Crippen LogP contribution in [0.5, 0.6) is 0 Å². The van der Waals surface area contributed by atoms with Crippen molar-refractivity contribution in [2.75, 3.05) is 50.0 Å². The van der Waals surface area contributed by atoms with Gasteiger partial charge in [-0.3, -0.25) is 15.5 Å². The molecular formula is C46H63N5O5S. The quantitative estimate of drug-likeness (QED) is 0.0913. The predicted molar refractivity (Wildman–Crippen MR) is 234 cm³/mol. The number of hydrogen-bond acceptors (Lipinski definition) is 8. The highest BCUT2D eigenvalue weighted by Crippen LogP contribution is 2.42. The second-order valence-electron chi connectivity index (χ2n) is 16.1. The molecular weight excluding hydrogens is 735 g/mol. The fraction of sp³-hybridized carbons (Fsp3) is 0.565. The molecule has 4 atom stereocenters. The molecule has 4 aliphatic rings. The van der Waals surface area contributed by atoms with Crippen LogP contribution in [-0.4, -0.2) is 84.7 Å². The highest BCUT2D eigenvalue weighted by atomic mass is 32.1. The van der Waals surface area contributed by atoms with Gasteiger partial charge in [-0.25, -0.2) is 9.59 Å². The van der Waals surface area contributed by atoms with Gasteiger partial charge < -0.3 is 24.1 Å². The lowest BCUT2D eigenvalue weighted by atomic mass is 9.83. The number of piperidine rings is 1. The van der Waals surface area contributed by atoms with Crippen LogP contribution in [0.4, 0.5) is 21.0 Å². The largest absolute Gasteiger partial charge is 0.449 e. The van der Waals surface area contributed by atoms with Gasteiger partial charge in [0.2, 0.25) is 6.29 Å². The van der Waals surface area contributed by atoms with Crippen molar-refractivity contribution in [1.82, 2.24) is 14.8 Å². The zero-order chi connectivity index (χ0) is 39.7. The summed E-state index contributed by atoms with van der Waals surface area (Å²) in [5, 5.41) is 10.5. The minimum atomic E-state index is -0.507. The number of hydrogen-bond donors (Lipinski definition) is 3. The molecule has 4 unspecified atom stereocenters. The van der Waals surface area contributed by atoms with Crippen LogP contribution in [-0.2, 0) is 20.6 Å². The van der Waals surface area contributed by atoms with E-state index in [0.29, 0.717) is 31.6 Å². The summed E-state index contributed by atoms with van der Waals surface area (Å²) in [7, 11) is 0. The molecule has 11 heteroatoms. The van der Waals surface area contributed by atoms with Gasteiger partial charge in [-0.2, -0.15) is 0 Å². The van der Waals surface area contributed by atoms with Crippen LogP contribution in [0.25, 0.3) is 26.6 Å². The maximum atomic E-state index is 12.2. The van der Waals surface area contributed by atoms with Gasteiger partial charge in [-0.1, -0.05) is 39.7 Å². The van der Waals surface area contributed by atoms with Crippen LogP contribution in [0.2, 0.25) is 0 Å². The van der Waals surface area contributed by atoms with E-state index in [0.717, 1.165) is 56.1 Å². The zero-order valence-electron chi connectivity index (χ0n) is 34.5. The highest BCUT2D eigenvalue weighted by Gasteiger charge is 2.34. The van der Waals surface area contributed by atoms with E-state index in [1.54, 1.807) is 11.3 Å². The molecule has 6 heterocycles. The van der Waals surface area contributed by atoms with Gasteiger partial charge in [0.1, 0.15) is 0 Å². The number of aromatic amines is 1. The summed E-state index contributed by atoms with van der Waals surface area (Å²) < 4.78 is 17.3. The molecule has 57 heavy (non-hydrogen) atoms. The fourth-order valence-electron chi connectivity index (χ4n) is 9.40. The molecule has 4 aromatic rings. The molecule has 3 fully saturated rings. The first-order valence-electron chi connectivity index (χ1n) is 21.7. The summed E-state index contributed by atoms with van der Waals surface area (Å²) in [6, 6.07) is 13.7. The Labute approximate surface area is 342 Å².